The first-order valence-corrected chi connectivity index (χ1v) is 6.33. The maximum Gasteiger partial charge on any atom is 0.200 e. The first-order chi connectivity index (χ1) is 10.0. The monoisotopic (exact) mass is 299 g/mol. The summed E-state index contributed by atoms with van der Waals surface area (Å²) in [6.45, 7) is 0.107. The lowest BCUT2D eigenvalue weighted by atomic mass is 9.77. The lowest BCUT2D eigenvalue weighted by Gasteiger charge is -2.30. The molecule has 0 radical (unpaired) electrons. The largest absolute Gasteiger partial charge is 0.379 e. The van der Waals surface area contributed by atoms with E-state index in [1.54, 1.807) is 0 Å². The van der Waals surface area contributed by atoms with Crippen molar-refractivity contribution < 1.29 is 22.0 Å². The van der Waals surface area contributed by atoms with Gasteiger partial charge in [-0.3, -0.25) is 0 Å². The molecule has 1 aliphatic carbocycles. The molecule has 21 heavy (non-hydrogen) atoms. The van der Waals surface area contributed by atoms with Crippen LogP contribution >= 0.6 is 0 Å². The van der Waals surface area contributed by atoms with Crippen LogP contribution in [0.4, 0.5) is 27.6 Å². The van der Waals surface area contributed by atoms with E-state index in [2.05, 4.69) is 5.32 Å². The second-order valence-corrected chi connectivity index (χ2v) is 4.93. The predicted octanol–water partition coefficient (Wildman–Crippen LogP) is 4.13. The van der Waals surface area contributed by atoms with Crippen LogP contribution in [-0.2, 0) is 6.42 Å². The van der Waals surface area contributed by atoms with Gasteiger partial charge in [0.05, 0.1) is 0 Å². The molecule has 2 aromatic carbocycles. The van der Waals surface area contributed by atoms with E-state index in [1.807, 2.05) is 24.3 Å². The lowest BCUT2D eigenvalue weighted by Crippen LogP contribution is -2.25. The average Bonchev–Trinajstić information content (AvgIpc) is 2.47. The van der Waals surface area contributed by atoms with Gasteiger partial charge in [0.2, 0.25) is 5.82 Å². The van der Waals surface area contributed by atoms with Gasteiger partial charge in [-0.15, -0.1) is 0 Å². The van der Waals surface area contributed by atoms with Gasteiger partial charge in [-0.25, -0.2) is 22.0 Å². The Morgan fingerprint density at radius 3 is 2.05 bits per heavy atom. The highest BCUT2D eigenvalue weighted by molar-refractivity contribution is 5.49. The second-order valence-electron chi connectivity index (χ2n) is 4.93. The van der Waals surface area contributed by atoms with Gasteiger partial charge in [0.15, 0.2) is 23.3 Å². The topological polar surface area (TPSA) is 12.0 Å². The van der Waals surface area contributed by atoms with Gasteiger partial charge in [0.25, 0.3) is 0 Å². The SMILES string of the molecule is Fc1c(F)c(F)c(NCC2Cc3ccccc32)c(F)c1F. The molecule has 110 valence electrons. The fourth-order valence-corrected chi connectivity index (χ4v) is 2.53. The standard InChI is InChI=1S/C15H10F5N/c16-10-11(17)13(19)15(14(20)12(10)18)21-6-8-5-7-3-1-2-4-9(7)8/h1-4,8,21H,5-6H2. The number of rotatable bonds is 3. The molecule has 0 fully saturated rings. The molecule has 2 aromatic rings. The minimum Gasteiger partial charge on any atom is -0.379 e. The van der Waals surface area contributed by atoms with Crippen molar-refractivity contribution in [3.63, 3.8) is 0 Å². The predicted molar refractivity (Wildman–Crippen MR) is 67.6 cm³/mol. The van der Waals surface area contributed by atoms with E-state index in [1.165, 1.54) is 0 Å². The molecule has 0 aliphatic heterocycles. The van der Waals surface area contributed by atoms with Crippen molar-refractivity contribution >= 4 is 5.69 Å². The van der Waals surface area contributed by atoms with E-state index in [0.717, 1.165) is 11.1 Å². The Hall–Kier alpha value is -2.11. The Bertz CT molecular complexity index is 684. The van der Waals surface area contributed by atoms with Crippen molar-refractivity contribution in [1.82, 2.24) is 0 Å². The summed E-state index contributed by atoms with van der Waals surface area (Å²) in [6.07, 6.45) is 0.707. The summed E-state index contributed by atoms with van der Waals surface area (Å²) in [6, 6.07) is 7.53. The maximum absolute atomic E-state index is 13.5. The zero-order valence-corrected chi connectivity index (χ0v) is 10.7. The third-order valence-electron chi connectivity index (χ3n) is 3.70. The van der Waals surface area contributed by atoms with Crippen LogP contribution in [0.5, 0.6) is 0 Å². The minimum atomic E-state index is -2.15. The smallest absolute Gasteiger partial charge is 0.200 e. The second kappa shape index (κ2) is 5.02. The van der Waals surface area contributed by atoms with Gasteiger partial charge in [0.1, 0.15) is 5.69 Å². The number of fused-ring (bicyclic) bond motifs is 1. The molecule has 0 bridgehead atoms. The Balaban J connectivity index is 1.81. The van der Waals surface area contributed by atoms with Crippen LogP contribution in [0, 0.1) is 29.1 Å². The van der Waals surface area contributed by atoms with Crippen LogP contribution in [0.15, 0.2) is 24.3 Å². The molecule has 0 saturated heterocycles. The maximum atomic E-state index is 13.5. The van der Waals surface area contributed by atoms with Crippen molar-refractivity contribution in [2.24, 2.45) is 0 Å². The number of anilines is 1. The van der Waals surface area contributed by atoms with Crippen LogP contribution in [0.3, 0.4) is 0 Å². The first-order valence-electron chi connectivity index (χ1n) is 6.33. The summed E-state index contributed by atoms with van der Waals surface area (Å²) in [5.74, 6) is -9.70. The van der Waals surface area contributed by atoms with E-state index in [-0.39, 0.29) is 12.5 Å². The number of nitrogens with one attached hydrogen (secondary N) is 1. The highest BCUT2D eigenvalue weighted by atomic mass is 19.2. The van der Waals surface area contributed by atoms with Gasteiger partial charge in [-0.05, 0) is 17.5 Å². The molecule has 1 atom stereocenters. The zero-order valence-electron chi connectivity index (χ0n) is 10.7. The molecule has 0 aromatic heterocycles. The average molecular weight is 299 g/mol. The third kappa shape index (κ3) is 2.14. The first kappa shape index (κ1) is 13.9. The molecule has 1 aliphatic rings. The Kier molecular flexibility index (Phi) is 3.31. The van der Waals surface area contributed by atoms with Gasteiger partial charge in [-0.1, -0.05) is 24.3 Å². The van der Waals surface area contributed by atoms with Crippen molar-refractivity contribution in [1.29, 1.82) is 0 Å². The summed E-state index contributed by atoms with van der Waals surface area (Å²) in [7, 11) is 0. The van der Waals surface area contributed by atoms with Crippen molar-refractivity contribution in [3.05, 3.63) is 64.5 Å². The fraction of sp³-hybridized carbons (Fsp3) is 0.200. The van der Waals surface area contributed by atoms with Crippen molar-refractivity contribution in [3.8, 4) is 0 Å². The molecular formula is C15H10F5N. The summed E-state index contributed by atoms with van der Waals surface area (Å²) in [5.41, 5.74) is 1.17. The Morgan fingerprint density at radius 1 is 0.857 bits per heavy atom. The molecular weight excluding hydrogens is 289 g/mol. The normalized spacial score (nSPS) is 16.3. The number of hydrogen-bond acceptors (Lipinski definition) is 1. The molecule has 6 heteroatoms. The van der Waals surface area contributed by atoms with E-state index in [0.29, 0.717) is 6.42 Å². The molecule has 1 unspecified atom stereocenters. The van der Waals surface area contributed by atoms with Crippen LogP contribution in [0.2, 0.25) is 0 Å². The molecule has 3 rings (SSSR count). The molecule has 0 saturated carbocycles. The highest BCUT2D eigenvalue weighted by Crippen LogP contribution is 2.35. The van der Waals surface area contributed by atoms with Gasteiger partial charge < -0.3 is 5.32 Å². The Labute approximate surface area is 117 Å². The van der Waals surface area contributed by atoms with E-state index in [4.69, 9.17) is 0 Å². The summed E-state index contributed by atoms with van der Waals surface area (Å²) in [5, 5.41) is 2.34. The van der Waals surface area contributed by atoms with E-state index >= 15 is 0 Å². The molecule has 0 spiro atoms. The minimum absolute atomic E-state index is 0.00354. The van der Waals surface area contributed by atoms with Crippen molar-refractivity contribution in [2.75, 3.05) is 11.9 Å². The molecule has 1 N–H and O–H groups in total. The van der Waals surface area contributed by atoms with Crippen LogP contribution in [-0.4, -0.2) is 6.54 Å². The van der Waals surface area contributed by atoms with Gasteiger partial charge in [-0.2, -0.15) is 0 Å². The summed E-state index contributed by atoms with van der Waals surface area (Å²) in [4.78, 5) is 0. The van der Waals surface area contributed by atoms with E-state index < -0.39 is 34.8 Å². The number of hydrogen-bond donors (Lipinski definition) is 1. The van der Waals surface area contributed by atoms with Crippen LogP contribution in [0.25, 0.3) is 0 Å². The fourth-order valence-electron chi connectivity index (χ4n) is 2.53. The Morgan fingerprint density at radius 2 is 1.43 bits per heavy atom. The van der Waals surface area contributed by atoms with E-state index in [9.17, 15) is 22.0 Å². The van der Waals surface area contributed by atoms with Gasteiger partial charge >= 0.3 is 0 Å². The quantitative estimate of drug-likeness (QED) is 0.510. The third-order valence-corrected chi connectivity index (χ3v) is 3.70. The van der Waals surface area contributed by atoms with Crippen LogP contribution in [0.1, 0.15) is 17.0 Å². The van der Waals surface area contributed by atoms with Crippen molar-refractivity contribution in [2.45, 2.75) is 12.3 Å². The van der Waals surface area contributed by atoms with Gasteiger partial charge in [0, 0.05) is 12.5 Å². The molecule has 1 nitrogen and oxygen atoms in total. The molecule has 0 heterocycles. The summed E-state index contributed by atoms with van der Waals surface area (Å²) >= 11 is 0. The highest BCUT2D eigenvalue weighted by Gasteiger charge is 2.29. The molecule has 0 amide bonds. The number of halogens is 5. The number of benzene rings is 2. The zero-order chi connectivity index (χ0) is 15.1. The van der Waals surface area contributed by atoms with Crippen LogP contribution < -0.4 is 5.32 Å². The summed E-state index contributed by atoms with van der Waals surface area (Å²) < 4.78 is 66.0. The lowest BCUT2D eigenvalue weighted by molar-refractivity contribution is 0.381.